The number of nitrogens with zero attached hydrogens (tertiary/aromatic N) is 2. The van der Waals surface area contributed by atoms with Crippen LogP contribution in [0.5, 0.6) is 11.5 Å². The maximum atomic E-state index is 10.1. The molecule has 27 heavy (non-hydrogen) atoms. The first-order chi connectivity index (χ1) is 13.2. The SMILES string of the molecule is COc1cc(C2CC=C3c4c(c[nH]c42)C=CC2=CN=CNN23)cc(Cl)c1O. The van der Waals surface area contributed by atoms with Gasteiger partial charge in [0.05, 0.1) is 29.7 Å². The number of aromatic hydroxyl groups is 1. The number of aromatic amines is 1. The molecule has 2 aliphatic heterocycles. The van der Waals surface area contributed by atoms with Crippen LogP contribution in [-0.2, 0) is 0 Å². The molecule has 0 amide bonds. The van der Waals surface area contributed by atoms with Crippen molar-refractivity contribution in [2.75, 3.05) is 7.11 Å². The van der Waals surface area contributed by atoms with Crippen LogP contribution >= 0.6 is 11.6 Å². The Balaban J connectivity index is 1.64. The molecule has 0 saturated heterocycles. The van der Waals surface area contributed by atoms with Crippen LogP contribution < -0.4 is 10.2 Å². The molecule has 3 aliphatic rings. The maximum absolute atomic E-state index is 10.1. The van der Waals surface area contributed by atoms with Crippen molar-refractivity contribution in [1.82, 2.24) is 15.4 Å². The summed E-state index contributed by atoms with van der Waals surface area (Å²) in [5, 5.41) is 12.4. The third-order valence-electron chi connectivity index (χ3n) is 5.17. The number of phenolic OH excluding ortho intramolecular Hbond substituents is 1. The minimum atomic E-state index is -0.0326. The first-order valence-electron chi connectivity index (χ1n) is 8.61. The minimum Gasteiger partial charge on any atom is -0.503 e. The summed E-state index contributed by atoms with van der Waals surface area (Å²) in [5.41, 5.74) is 9.66. The Morgan fingerprint density at radius 2 is 2.22 bits per heavy atom. The van der Waals surface area contributed by atoms with Crippen LogP contribution in [0.4, 0.5) is 0 Å². The number of nitrogens with one attached hydrogen (secondary N) is 2. The van der Waals surface area contributed by atoms with Crippen LogP contribution in [0.3, 0.4) is 0 Å². The Labute approximate surface area is 161 Å². The number of aliphatic imine (C=N–C) groups is 1. The van der Waals surface area contributed by atoms with Crippen LogP contribution in [-0.4, -0.2) is 28.5 Å². The quantitative estimate of drug-likeness (QED) is 0.737. The normalized spacial score (nSPS) is 19.5. The second-order valence-corrected chi connectivity index (χ2v) is 7.00. The largest absolute Gasteiger partial charge is 0.503 e. The Bertz CT molecular complexity index is 1060. The summed E-state index contributed by atoms with van der Waals surface area (Å²) in [6.45, 7) is 0. The van der Waals surface area contributed by atoms with Crippen molar-refractivity contribution in [2.45, 2.75) is 12.3 Å². The number of phenols is 1. The van der Waals surface area contributed by atoms with E-state index in [1.54, 1.807) is 12.4 Å². The van der Waals surface area contributed by atoms with Crippen LogP contribution in [0.2, 0.25) is 5.02 Å². The minimum absolute atomic E-state index is 0.0326. The molecule has 6 nitrogen and oxygen atoms in total. The van der Waals surface area contributed by atoms with Crippen molar-refractivity contribution in [3.8, 4) is 11.5 Å². The number of ether oxygens (including phenoxy) is 1. The number of allylic oxidation sites excluding steroid dienone is 2. The van der Waals surface area contributed by atoms with E-state index in [-0.39, 0.29) is 16.7 Å². The molecule has 0 spiro atoms. The lowest BCUT2D eigenvalue weighted by Crippen LogP contribution is -2.36. The standard InChI is InChI=1S/C20H17ClN4O2/c1-27-17-7-12(6-15(21)20(17)26)14-4-5-16-18-11(8-23-19(14)18)2-3-13-9-22-10-24-25(13)16/h2-3,5-10,14,23,26H,4H2,1H3,(H,22,24). The molecule has 7 heteroatoms. The van der Waals surface area contributed by atoms with Gasteiger partial charge in [-0.25, -0.2) is 4.99 Å². The predicted octanol–water partition coefficient (Wildman–Crippen LogP) is 3.98. The average Bonchev–Trinajstić information content (AvgIpc) is 3.04. The highest BCUT2D eigenvalue weighted by Crippen LogP contribution is 2.46. The third-order valence-corrected chi connectivity index (χ3v) is 5.45. The van der Waals surface area contributed by atoms with Gasteiger partial charge in [-0.2, -0.15) is 0 Å². The molecule has 0 bridgehead atoms. The monoisotopic (exact) mass is 380 g/mol. The van der Waals surface area contributed by atoms with Crippen LogP contribution in [0.1, 0.15) is 34.7 Å². The molecule has 1 aromatic carbocycles. The summed E-state index contributed by atoms with van der Waals surface area (Å²) in [6, 6.07) is 3.65. The van der Waals surface area contributed by atoms with Gasteiger partial charge < -0.3 is 14.8 Å². The second-order valence-electron chi connectivity index (χ2n) is 6.59. The molecule has 0 saturated carbocycles. The summed E-state index contributed by atoms with van der Waals surface area (Å²) in [6.07, 6.45) is 12.7. The van der Waals surface area contributed by atoms with Gasteiger partial charge in [-0.3, -0.25) is 10.4 Å². The van der Waals surface area contributed by atoms with Gasteiger partial charge in [-0.05, 0) is 30.2 Å². The van der Waals surface area contributed by atoms with Gasteiger partial charge in [0.2, 0.25) is 0 Å². The number of halogens is 1. The molecule has 3 heterocycles. The highest BCUT2D eigenvalue weighted by molar-refractivity contribution is 6.32. The van der Waals surface area contributed by atoms with Crippen molar-refractivity contribution in [3.05, 3.63) is 69.8 Å². The molecular weight excluding hydrogens is 364 g/mol. The summed E-state index contributed by atoms with van der Waals surface area (Å²) >= 11 is 6.23. The van der Waals surface area contributed by atoms with E-state index in [0.717, 1.165) is 40.2 Å². The number of hydrogen-bond acceptors (Lipinski definition) is 5. The number of benzene rings is 1. The van der Waals surface area contributed by atoms with Gasteiger partial charge in [0.15, 0.2) is 11.5 Å². The molecule has 1 aliphatic carbocycles. The number of H-pyrrole nitrogens is 1. The van der Waals surface area contributed by atoms with Crippen molar-refractivity contribution in [2.24, 2.45) is 4.99 Å². The second kappa shape index (κ2) is 5.96. The Morgan fingerprint density at radius 1 is 1.33 bits per heavy atom. The fraction of sp³-hybridized carbons (Fsp3) is 0.150. The van der Waals surface area contributed by atoms with E-state index in [1.807, 2.05) is 29.5 Å². The molecule has 136 valence electrons. The van der Waals surface area contributed by atoms with E-state index in [1.165, 1.54) is 7.11 Å². The number of rotatable bonds is 2. The van der Waals surface area contributed by atoms with Gasteiger partial charge in [0.1, 0.15) is 6.34 Å². The van der Waals surface area contributed by atoms with Crippen molar-refractivity contribution < 1.29 is 9.84 Å². The molecule has 0 fully saturated rings. The predicted molar refractivity (Wildman–Crippen MR) is 105 cm³/mol. The summed E-state index contributed by atoms with van der Waals surface area (Å²) in [5.74, 6) is 0.431. The van der Waals surface area contributed by atoms with Crippen molar-refractivity contribution >= 4 is 29.7 Å². The average molecular weight is 381 g/mol. The molecule has 1 aromatic heterocycles. The van der Waals surface area contributed by atoms with E-state index >= 15 is 0 Å². The van der Waals surface area contributed by atoms with Crippen LogP contribution in [0.15, 0.2) is 47.4 Å². The molecule has 1 atom stereocenters. The number of methoxy groups -OCH3 is 1. The van der Waals surface area contributed by atoms with E-state index in [9.17, 15) is 5.11 Å². The van der Waals surface area contributed by atoms with E-state index < -0.39 is 0 Å². The fourth-order valence-electron chi connectivity index (χ4n) is 3.89. The zero-order chi connectivity index (χ0) is 18.5. The summed E-state index contributed by atoms with van der Waals surface area (Å²) in [4.78, 5) is 7.63. The third kappa shape index (κ3) is 2.37. The summed E-state index contributed by atoms with van der Waals surface area (Å²) < 4.78 is 5.28. The lowest BCUT2D eigenvalue weighted by atomic mass is 9.84. The number of aromatic nitrogens is 1. The maximum Gasteiger partial charge on any atom is 0.176 e. The van der Waals surface area contributed by atoms with Gasteiger partial charge in [-0.15, -0.1) is 0 Å². The highest BCUT2D eigenvalue weighted by Gasteiger charge is 2.32. The van der Waals surface area contributed by atoms with Gasteiger partial charge in [0.25, 0.3) is 0 Å². The molecule has 0 radical (unpaired) electrons. The molecule has 1 unspecified atom stereocenters. The number of hydrazine groups is 1. The Kier molecular flexibility index (Phi) is 3.55. The molecular formula is C20H17ClN4O2. The molecule has 5 rings (SSSR count). The first-order valence-corrected chi connectivity index (χ1v) is 8.99. The molecule has 2 aromatic rings. The van der Waals surface area contributed by atoms with Gasteiger partial charge >= 0.3 is 0 Å². The Morgan fingerprint density at radius 3 is 3.07 bits per heavy atom. The lowest BCUT2D eigenvalue weighted by Gasteiger charge is -2.32. The van der Waals surface area contributed by atoms with Crippen molar-refractivity contribution in [1.29, 1.82) is 0 Å². The first kappa shape index (κ1) is 16.1. The van der Waals surface area contributed by atoms with Crippen LogP contribution in [0.25, 0.3) is 11.8 Å². The zero-order valence-corrected chi connectivity index (χ0v) is 15.3. The van der Waals surface area contributed by atoms with Crippen LogP contribution in [0, 0.1) is 0 Å². The Hall–Kier alpha value is -3.12. The number of fused-ring (bicyclic) bond motifs is 2. The van der Waals surface area contributed by atoms with E-state index in [4.69, 9.17) is 16.3 Å². The van der Waals surface area contributed by atoms with E-state index in [0.29, 0.717) is 5.75 Å². The van der Waals surface area contributed by atoms with Crippen molar-refractivity contribution in [3.63, 3.8) is 0 Å². The topological polar surface area (TPSA) is 72.9 Å². The smallest absolute Gasteiger partial charge is 0.176 e. The van der Waals surface area contributed by atoms with E-state index in [2.05, 4.69) is 27.6 Å². The molecule has 3 N–H and O–H groups in total. The number of hydrogen-bond donors (Lipinski definition) is 3. The fourth-order valence-corrected chi connectivity index (χ4v) is 4.11. The lowest BCUT2D eigenvalue weighted by molar-refractivity contribution is 0.373. The summed E-state index contributed by atoms with van der Waals surface area (Å²) in [7, 11) is 1.52. The van der Waals surface area contributed by atoms with Gasteiger partial charge in [-0.1, -0.05) is 23.8 Å². The van der Waals surface area contributed by atoms with Gasteiger partial charge in [0, 0.05) is 28.9 Å². The highest BCUT2D eigenvalue weighted by atomic mass is 35.5. The zero-order valence-electron chi connectivity index (χ0n) is 14.5.